The number of halogens is 1. The highest BCUT2D eigenvalue weighted by Gasteiger charge is 2.17. The van der Waals surface area contributed by atoms with Crippen molar-refractivity contribution in [3.8, 4) is 17.1 Å². The minimum absolute atomic E-state index is 0.109. The number of pyridine rings is 1. The van der Waals surface area contributed by atoms with E-state index in [1.54, 1.807) is 12.4 Å². The Morgan fingerprint density at radius 1 is 1.06 bits per heavy atom. The van der Waals surface area contributed by atoms with Gasteiger partial charge in [0.2, 0.25) is 5.91 Å². The van der Waals surface area contributed by atoms with Gasteiger partial charge in [-0.3, -0.25) is 14.3 Å². The third kappa shape index (κ3) is 4.95. The van der Waals surface area contributed by atoms with Crippen LogP contribution in [0.25, 0.3) is 17.1 Å². The predicted molar refractivity (Wildman–Crippen MR) is 125 cm³/mol. The van der Waals surface area contributed by atoms with Crippen molar-refractivity contribution in [2.24, 2.45) is 0 Å². The molecule has 0 saturated carbocycles. The van der Waals surface area contributed by atoms with Crippen molar-refractivity contribution in [1.29, 1.82) is 0 Å². The van der Waals surface area contributed by atoms with E-state index < -0.39 is 0 Å². The summed E-state index contributed by atoms with van der Waals surface area (Å²) >= 11 is 7.38. The van der Waals surface area contributed by atoms with Gasteiger partial charge < -0.3 is 5.32 Å². The van der Waals surface area contributed by atoms with Crippen LogP contribution in [0.1, 0.15) is 11.1 Å². The molecule has 0 spiro atoms. The Hall–Kier alpha value is -3.16. The Morgan fingerprint density at radius 3 is 2.58 bits per heavy atom. The number of amides is 1. The van der Waals surface area contributed by atoms with Crippen LogP contribution in [0.2, 0.25) is 5.02 Å². The van der Waals surface area contributed by atoms with Crippen LogP contribution in [0.5, 0.6) is 0 Å². The summed E-state index contributed by atoms with van der Waals surface area (Å²) in [6.07, 6.45) is 3.44. The van der Waals surface area contributed by atoms with Gasteiger partial charge in [0.15, 0.2) is 11.0 Å². The van der Waals surface area contributed by atoms with Crippen molar-refractivity contribution < 1.29 is 4.79 Å². The molecule has 8 heteroatoms. The second-order valence-electron chi connectivity index (χ2n) is 7.00. The molecule has 0 aliphatic carbocycles. The summed E-state index contributed by atoms with van der Waals surface area (Å²) < 4.78 is 1.90. The number of nitrogens with one attached hydrogen (secondary N) is 1. The SMILES string of the molecule is Cc1ccc(NC(=O)CSc2nnc(-c3cccnc3)n2-c2ccc(Cl)cc2)cc1C. The second kappa shape index (κ2) is 9.32. The lowest BCUT2D eigenvalue weighted by molar-refractivity contribution is -0.113. The fourth-order valence-corrected chi connectivity index (χ4v) is 3.89. The first-order valence-electron chi connectivity index (χ1n) is 9.63. The lowest BCUT2D eigenvalue weighted by atomic mass is 10.1. The van der Waals surface area contributed by atoms with E-state index in [4.69, 9.17) is 11.6 Å². The zero-order valence-corrected chi connectivity index (χ0v) is 18.6. The largest absolute Gasteiger partial charge is 0.325 e. The summed E-state index contributed by atoms with van der Waals surface area (Å²) in [5, 5.41) is 12.9. The Morgan fingerprint density at radius 2 is 1.87 bits per heavy atom. The molecule has 6 nitrogen and oxygen atoms in total. The number of carbonyl (C=O) groups is 1. The molecule has 0 unspecified atom stereocenters. The molecule has 0 saturated heterocycles. The third-order valence-electron chi connectivity index (χ3n) is 4.76. The molecule has 0 aliphatic heterocycles. The first kappa shape index (κ1) is 21.1. The molecule has 4 rings (SSSR count). The summed E-state index contributed by atoms with van der Waals surface area (Å²) in [5.74, 6) is 0.736. The average Bonchev–Trinajstić information content (AvgIpc) is 3.20. The molecule has 0 atom stereocenters. The standard InChI is InChI=1S/C23H20ClN5OS/c1-15-5-8-19(12-16(15)2)26-21(30)14-31-23-28-27-22(17-4-3-11-25-13-17)29(23)20-9-6-18(24)7-10-20/h3-13H,14H2,1-2H3,(H,26,30). The third-order valence-corrected chi connectivity index (χ3v) is 5.94. The smallest absolute Gasteiger partial charge is 0.234 e. The van der Waals surface area contributed by atoms with Gasteiger partial charge in [-0.2, -0.15) is 0 Å². The zero-order valence-electron chi connectivity index (χ0n) is 17.0. The van der Waals surface area contributed by atoms with Crippen LogP contribution in [0, 0.1) is 13.8 Å². The summed E-state index contributed by atoms with van der Waals surface area (Å²) in [7, 11) is 0. The molecule has 1 N–H and O–H groups in total. The van der Waals surface area contributed by atoms with E-state index >= 15 is 0 Å². The second-order valence-corrected chi connectivity index (χ2v) is 8.37. The van der Waals surface area contributed by atoms with Crippen LogP contribution < -0.4 is 5.32 Å². The molecule has 1 amide bonds. The fourth-order valence-electron chi connectivity index (χ4n) is 3.01. The number of benzene rings is 2. The molecule has 0 fully saturated rings. The van der Waals surface area contributed by atoms with Gasteiger partial charge in [-0.05, 0) is 73.5 Å². The minimum atomic E-state index is -0.109. The average molecular weight is 450 g/mol. The number of nitrogens with zero attached hydrogens (tertiary/aromatic N) is 4. The van der Waals surface area contributed by atoms with Gasteiger partial charge in [-0.25, -0.2) is 0 Å². The molecule has 0 bridgehead atoms. The van der Waals surface area contributed by atoms with Gasteiger partial charge in [0.25, 0.3) is 0 Å². The Bertz CT molecular complexity index is 1210. The van der Waals surface area contributed by atoms with E-state index in [1.807, 2.05) is 73.0 Å². The summed E-state index contributed by atoms with van der Waals surface area (Å²) in [6.45, 7) is 4.06. The topological polar surface area (TPSA) is 72.7 Å². The maximum Gasteiger partial charge on any atom is 0.234 e. The summed E-state index contributed by atoms with van der Waals surface area (Å²) in [6, 6.07) is 17.0. The van der Waals surface area contributed by atoms with E-state index in [9.17, 15) is 4.79 Å². The number of hydrogen-bond donors (Lipinski definition) is 1. The maximum atomic E-state index is 12.5. The van der Waals surface area contributed by atoms with Gasteiger partial charge in [-0.15, -0.1) is 10.2 Å². The van der Waals surface area contributed by atoms with Gasteiger partial charge in [0.05, 0.1) is 5.75 Å². The number of anilines is 1. The lowest BCUT2D eigenvalue weighted by Crippen LogP contribution is -2.14. The summed E-state index contributed by atoms with van der Waals surface area (Å²) in [5.41, 5.74) is 4.78. The normalized spacial score (nSPS) is 10.8. The van der Waals surface area contributed by atoms with Crippen LogP contribution in [-0.2, 0) is 4.79 Å². The van der Waals surface area contributed by atoms with E-state index in [-0.39, 0.29) is 11.7 Å². The van der Waals surface area contributed by atoms with Crippen LogP contribution >= 0.6 is 23.4 Å². The van der Waals surface area contributed by atoms with Gasteiger partial charge in [-0.1, -0.05) is 29.4 Å². The van der Waals surface area contributed by atoms with Gasteiger partial charge in [0.1, 0.15) is 0 Å². The summed E-state index contributed by atoms with van der Waals surface area (Å²) in [4.78, 5) is 16.7. The molecular weight excluding hydrogens is 430 g/mol. The highest BCUT2D eigenvalue weighted by Crippen LogP contribution is 2.28. The highest BCUT2D eigenvalue weighted by molar-refractivity contribution is 7.99. The molecule has 2 aromatic carbocycles. The van der Waals surface area contributed by atoms with E-state index in [0.29, 0.717) is 16.0 Å². The van der Waals surface area contributed by atoms with Crippen LogP contribution in [0.4, 0.5) is 5.69 Å². The van der Waals surface area contributed by atoms with E-state index in [0.717, 1.165) is 22.5 Å². The van der Waals surface area contributed by atoms with Gasteiger partial charge in [0, 0.05) is 34.4 Å². The maximum absolute atomic E-state index is 12.5. The number of hydrogen-bond acceptors (Lipinski definition) is 5. The van der Waals surface area contributed by atoms with E-state index in [2.05, 4.69) is 20.5 Å². The number of carbonyl (C=O) groups excluding carboxylic acids is 1. The van der Waals surface area contributed by atoms with Gasteiger partial charge >= 0.3 is 0 Å². The number of aryl methyl sites for hydroxylation is 2. The monoisotopic (exact) mass is 449 g/mol. The molecule has 31 heavy (non-hydrogen) atoms. The number of thioether (sulfide) groups is 1. The predicted octanol–water partition coefficient (Wildman–Crippen LogP) is 5.33. The van der Waals surface area contributed by atoms with Crippen molar-refractivity contribution in [3.63, 3.8) is 0 Å². The van der Waals surface area contributed by atoms with Crippen molar-refractivity contribution in [3.05, 3.63) is 83.1 Å². The molecule has 0 aliphatic rings. The van der Waals surface area contributed by atoms with Crippen molar-refractivity contribution in [1.82, 2.24) is 19.7 Å². The fraction of sp³-hybridized carbons (Fsp3) is 0.130. The first-order chi connectivity index (χ1) is 15.0. The zero-order chi connectivity index (χ0) is 21.8. The lowest BCUT2D eigenvalue weighted by Gasteiger charge is -2.11. The van der Waals surface area contributed by atoms with Crippen molar-refractivity contribution in [2.45, 2.75) is 19.0 Å². The van der Waals surface area contributed by atoms with Crippen molar-refractivity contribution in [2.75, 3.05) is 11.1 Å². The highest BCUT2D eigenvalue weighted by atomic mass is 35.5. The molecule has 2 heterocycles. The number of rotatable bonds is 6. The van der Waals surface area contributed by atoms with Crippen LogP contribution in [0.3, 0.4) is 0 Å². The van der Waals surface area contributed by atoms with Crippen molar-refractivity contribution >= 4 is 35.0 Å². The first-order valence-corrected chi connectivity index (χ1v) is 11.0. The Balaban J connectivity index is 1.57. The van der Waals surface area contributed by atoms with Crippen LogP contribution in [-0.4, -0.2) is 31.4 Å². The Labute approximate surface area is 189 Å². The van der Waals surface area contributed by atoms with E-state index in [1.165, 1.54) is 17.3 Å². The van der Waals surface area contributed by atoms with Crippen LogP contribution in [0.15, 0.2) is 72.1 Å². The molecule has 156 valence electrons. The minimum Gasteiger partial charge on any atom is -0.325 e. The molecule has 4 aromatic rings. The molecule has 0 radical (unpaired) electrons. The molecule has 2 aromatic heterocycles. The quantitative estimate of drug-likeness (QED) is 0.403. The number of aromatic nitrogens is 4. The Kier molecular flexibility index (Phi) is 6.34. The molecular formula is C23H20ClN5OS.